The molecule has 0 fully saturated rings. The third-order valence-corrected chi connectivity index (χ3v) is 3.79. The predicted molar refractivity (Wildman–Crippen MR) is 55.0 cm³/mol. The molecular formula is C9H10F3NO3S. The number of alkyl halides is 3. The molecule has 0 aliphatic rings. The Morgan fingerprint density at radius 1 is 1.29 bits per heavy atom. The van der Waals surface area contributed by atoms with Crippen molar-refractivity contribution in [1.82, 2.24) is 0 Å². The van der Waals surface area contributed by atoms with E-state index >= 15 is 0 Å². The van der Waals surface area contributed by atoms with Crippen LogP contribution in [0.25, 0.3) is 0 Å². The lowest BCUT2D eigenvalue weighted by Crippen LogP contribution is -2.13. The maximum atomic E-state index is 12.3. The van der Waals surface area contributed by atoms with Gasteiger partial charge in [0.15, 0.2) is 9.84 Å². The fourth-order valence-corrected chi connectivity index (χ4v) is 2.39. The summed E-state index contributed by atoms with van der Waals surface area (Å²) in [6.45, 7) is -0.622. The van der Waals surface area contributed by atoms with Crippen LogP contribution in [0.2, 0.25) is 0 Å². The van der Waals surface area contributed by atoms with Crippen molar-refractivity contribution < 1.29 is 26.7 Å². The van der Waals surface area contributed by atoms with Gasteiger partial charge in [0.1, 0.15) is 0 Å². The zero-order valence-corrected chi connectivity index (χ0v) is 9.35. The second-order valence-electron chi connectivity index (χ2n) is 3.29. The second kappa shape index (κ2) is 4.53. The molecule has 8 heteroatoms. The molecule has 4 nitrogen and oxygen atoms in total. The van der Waals surface area contributed by atoms with Crippen molar-refractivity contribution in [1.29, 1.82) is 0 Å². The highest BCUT2D eigenvalue weighted by Gasteiger charge is 2.31. The van der Waals surface area contributed by atoms with Crippen LogP contribution in [-0.4, -0.2) is 25.9 Å². The molecule has 0 atom stereocenters. The van der Waals surface area contributed by atoms with Gasteiger partial charge >= 0.3 is 6.18 Å². The van der Waals surface area contributed by atoms with Crippen LogP contribution in [0.1, 0.15) is 5.56 Å². The van der Waals surface area contributed by atoms with Gasteiger partial charge < -0.3 is 10.8 Å². The lowest BCUT2D eigenvalue weighted by atomic mass is 10.2. The van der Waals surface area contributed by atoms with E-state index < -0.39 is 44.5 Å². The van der Waals surface area contributed by atoms with Crippen LogP contribution in [0.4, 0.5) is 18.9 Å². The van der Waals surface area contributed by atoms with Crippen molar-refractivity contribution in [2.75, 3.05) is 18.1 Å². The molecule has 96 valence electrons. The predicted octanol–water partition coefficient (Wildman–Crippen LogP) is 1.05. The van der Waals surface area contributed by atoms with Gasteiger partial charge in [-0.2, -0.15) is 13.2 Å². The first kappa shape index (κ1) is 13.8. The average Bonchev–Trinajstić information content (AvgIpc) is 2.15. The van der Waals surface area contributed by atoms with Crippen molar-refractivity contribution in [3.05, 3.63) is 23.8 Å². The summed E-state index contributed by atoms with van der Waals surface area (Å²) in [6, 6.07) is 1.99. The van der Waals surface area contributed by atoms with Crippen LogP contribution in [0.15, 0.2) is 23.1 Å². The summed E-state index contributed by atoms with van der Waals surface area (Å²) < 4.78 is 59.9. The third-order valence-electron chi connectivity index (χ3n) is 2.03. The van der Waals surface area contributed by atoms with Crippen LogP contribution in [0.5, 0.6) is 0 Å². The van der Waals surface area contributed by atoms with E-state index in [9.17, 15) is 21.6 Å². The first-order chi connectivity index (χ1) is 7.68. The van der Waals surface area contributed by atoms with E-state index in [4.69, 9.17) is 10.8 Å². The van der Waals surface area contributed by atoms with Crippen LogP contribution in [0.3, 0.4) is 0 Å². The highest BCUT2D eigenvalue weighted by Crippen LogP contribution is 2.32. The summed E-state index contributed by atoms with van der Waals surface area (Å²) in [5.74, 6) is -0.581. The molecule has 0 bridgehead atoms. The van der Waals surface area contributed by atoms with Crippen molar-refractivity contribution in [3.8, 4) is 0 Å². The number of aliphatic hydroxyl groups excluding tert-OH is 1. The molecular weight excluding hydrogens is 259 g/mol. The monoisotopic (exact) mass is 269 g/mol. The van der Waals surface area contributed by atoms with Crippen LogP contribution < -0.4 is 5.73 Å². The standard InChI is InChI=1S/C9H10F3NO3S/c10-9(11,12)6-1-2-8(7(13)5-6)17(15,16)4-3-14/h1-2,5,14H,3-4,13H2. The van der Waals surface area contributed by atoms with Gasteiger partial charge in [-0.05, 0) is 18.2 Å². The van der Waals surface area contributed by atoms with E-state index in [1.165, 1.54) is 0 Å². The van der Waals surface area contributed by atoms with E-state index in [0.717, 1.165) is 6.07 Å². The lowest BCUT2D eigenvalue weighted by Gasteiger charge is -2.10. The van der Waals surface area contributed by atoms with Crippen LogP contribution >= 0.6 is 0 Å². The summed E-state index contributed by atoms with van der Waals surface area (Å²) in [6.07, 6.45) is -4.58. The fourth-order valence-electron chi connectivity index (χ4n) is 1.24. The van der Waals surface area contributed by atoms with E-state index in [1.54, 1.807) is 0 Å². The number of anilines is 1. The SMILES string of the molecule is Nc1cc(C(F)(F)F)ccc1S(=O)(=O)CCO. The fraction of sp³-hybridized carbons (Fsp3) is 0.333. The van der Waals surface area contributed by atoms with Crippen molar-refractivity contribution >= 4 is 15.5 Å². The molecule has 0 amide bonds. The molecule has 0 aliphatic carbocycles. The minimum atomic E-state index is -4.58. The van der Waals surface area contributed by atoms with Gasteiger partial charge in [-0.3, -0.25) is 0 Å². The number of nitrogen functional groups attached to an aromatic ring is 1. The Hall–Kier alpha value is -1.28. The van der Waals surface area contributed by atoms with Gasteiger partial charge in [-0.15, -0.1) is 0 Å². The molecule has 1 rings (SSSR count). The number of sulfone groups is 1. The molecule has 1 aromatic carbocycles. The van der Waals surface area contributed by atoms with E-state index in [-0.39, 0.29) is 0 Å². The van der Waals surface area contributed by atoms with Gasteiger partial charge in [0.05, 0.1) is 28.5 Å². The average molecular weight is 269 g/mol. The Kier molecular flexibility index (Phi) is 3.68. The van der Waals surface area contributed by atoms with Gasteiger partial charge in [-0.25, -0.2) is 8.42 Å². The van der Waals surface area contributed by atoms with Gasteiger partial charge in [-0.1, -0.05) is 0 Å². The third kappa shape index (κ3) is 3.10. The normalized spacial score (nSPS) is 12.7. The zero-order valence-electron chi connectivity index (χ0n) is 8.53. The Labute approximate surface area is 95.8 Å². The summed E-state index contributed by atoms with van der Waals surface area (Å²) in [4.78, 5) is -0.403. The zero-order chi connectivity index (χ0) is 13.3. The number of nitrogens with two attached hydrogens (primary N) is 1. The largest absolute Gasteiger partial charge is 0.416 e. The van der Waals surface area contributed by atoms with Crippen molar-refractivity contribution in [2.45, 2.75) is 11.1 Å². The Morgan fingerprint density at radius 3 is 2.29 bits per heavy atom. The number of benzene rings is 1. The highest BCUT2D eigenvalue weighted by atomic mass is 32.2. The Bertz CT molecular complexity index is 511. The number of aliphatic hydroxyl groups is 1. The molecule has 17 heavy (non-hydrogen) atoms. The first-order valence-corrected chi connectivity index (χ1v) is 6.14. The topological polar surface area (TPSA) is 80.4 Å². The molecule has 0 saturated carbocycles. The highest BCUT2D eigenvalue weighted by molar-refractivity contribution is 7.91. The molecule has 0 spiro atoms. The number of halogens is 3. The van der Waals surface area contributed by atoms with E-state index in [2.05, 4.69) is 0 Å². The number of rotatable bonds is 3. The quantitative estimate of drug-likeness (QED) is 0.804. The second-order valence-corrected chi connectivity index (χ2v) is 5.37. The van der Waals surface area contributed by atoms with Crippen molar-refractivity contribution in [2.24, 2.45) is 0 Å². The van der Waals surface area contributed by atoms with Crippen LogP contribution in [0, 0.1) is 0 Å². The van der Waals surface area contributed by atoms with Crippen molar-refractivity contribution in [3.63, 3.8) is 0 Å². The molecule has 3 N–H and O–H groups in total. The summed E-state index contributed by atoms with van der Waals surface area (Å²) in [5, 5.41) is 8.54. The molecule has 1 aromatic rings. The van der Waals surface area contributed by atoms with E-state index in [0.29, 0.717) is 12.1 Å². The van der Waals surface area contributed by atoms with Crippen LogP contribution in [-0.2, 0) is 16.0 Å². The maximum Gasteiger partial charge on any atom is 0.416 e. The van der Waals surface area contributed by atoms with Gasteiger partial charge in [0, 0.05) is 0 Å². The maximum absolute atomic E-state index is 12.3. The molecule has 0 aliphatic heterocycles. The molecule has 0 radical (unpaired) electrons. The summed E-state index contributed by atoms with van der Waals surface area (Å²) in [7, 11) is -3.85. The number of hydrogen-bond acceptors (Lipinski definition) is 4. The Morgan fingerprint density at radius 2 is 1.88 bits per heavy atom. The summed E-state index contributed by atoms with van der Waals surface area (Å²) >= 11 is 0. The van der Waals surface area contributed by atoms with E-state index in [1.807, 2.05) is 0 Å². The van der Waals surface area contributed by atoms with Gasteiger partial charge in [0.2, 0.25) is 0 Å². The minimum absolute atomic E-state index is 0.403. The molecule has 0 aromatic heterocycles. The molecule has 0 heterocycles. The lowest BCUT2D eigenvalue weighted by molar-refractivity contribution is -0.137. The molecule has 0 saturated heterocycles. The smallest absolute Gasteiger partial charge is 0.398 e. The number of hydrogen-bond donors (Lipinski definition) is 2. The first-order valence-electron chi connectivity index (χ1n) is 4.49. The molecule has 0 unspecified atom stereocenters. The van der Waals surface area contributed by atoms with Gasteiger partial charge in [0.25, 0.3) is 0 Å². The Balaban J connectivity index is 3.24. The summed E-state index contributed by atoms with van der Waals surface area (Å²) in [5.41, 5.74) is 3.78. The minimum Gasteiger partial charge on any atom is -0.398 e.